The van der Waals surface area contributed by atoms with Gasteiger partial charge in [0.2, 0.25) is 0 Å². The summed E-state index contributed by atoms with van der Waals surface area (Å²) in [5.74, 6) is 0.637. The van der Waals surface area contributed by atoms with Crippen LogP contribution in [0.3, 0.4) is 0 Å². The van der Waals surface area contributed by atoms with Crippen LogP contribution in [0.5, 0.6) is 5.75 Å². The van der Waals surface area contributed by atoms with Crippen LogP contribution in [0, 0.1) is 11.3 Å². The number of rotatable bonds is 3. The summed E-state index contributed by atoms with van der Waals surface area (Å²) in [6.07, 6.45) is 1.73. The summed E-state index contributed by atoms with van der Waals surface area (Å²) in [5.41, 5.74) is 2.66. The van der Waals surface area contributed by atoms with Crippen LogP contribution in [0.1, 0.15) is 10.7 Å². The van der Waals surface area contributed by atoms with Crippen LogP contribution in [-0.2, 0) is 0 Å². The van der Waals surface area contributed by atoms with Crippen molar-refractivity contribution < 1.29 is 4.74 Å². The van der Waals surface area contributed by atoms with Gasteiger partial charge in [-0.1, -0.05) is 23.7 Å². The van der Waals surface area contributed by atoms with Crippen molar-refractivity contribution in [3.05, 3.63) is 64.3 Å². The zero-order valence-corrected chi connectivity index (χ0v) is 15.3. The fourth-order valence-corrected chi connectivity index (χ4v) is 3.84. The van der Waals surface area contributed by atoms with Gasteiger partial charge in [0.25, 0.3) is 0 Å². The number of thiazole rings is 1. The highest BCUT2D eigenvalue weighted by Gasteiger charge is 2.11. The molecule has 2 heterocycles. The van der Waals surface area contributed by atoms with Crippen LogP contribution < -0.4 is 4.74 Å². The highest BCUT2D eigenvalue weighted by atomic mass is 35.5. The molecule has 4 aromatic rings. The van der Waals surface area contributed by atoms with Crippen LogP contribution in [0.2, 0.25) is 5.02 Å². The standard InChI is InChI=1S/C20H12ClN3OS/c1-25-17-9-8-15(21)14-7-6-13(23-19(14)17)10-12(11-22)20-24-16-4-2-3-5-18(16)26-20/h2-10H,1H3. The van der Waals surface area contributed by atoms with E-state index >= 15 is 0 Å². The molecule has 6 heteroatoms. The van der Waals surface area contributed by atoms with E-state index in [-0.39, 0.29) is 0 Å². The molecule has 4 nitrogen and oxygen atoms in total. The van der Waals surface area contributed by atoms with Gasteiger partial charge in [0.05, 0.1) is 33.6 Å². The number of aromatic nitrogens is 2. The van der Waals surface area contributed by atoms with Crippen molar-refractivity contribution in [2.75, 3.05) is 7.11 Å². The smallest absolute Gasteiger partial charge is 0.145 e. The zero-order chi connectivity index (χ0) is 18.1. The van der Waals surface area contributed by atoms with Crippen molar-refractivity contribution in [2.24, 2.45) is 0 Å². The Balaban J connectivity index is 1.84. The average Bonchev–Trinajstić information content (AvgIpc) is 3.10. The third-order valence-corrected chi connectivity index (χ3v) is 5.34. The van der Waals surface area contributed by atoms with E-state index in [4.69, 9.17) is 16.3 Å². The SMILES string of the molecule is COc1ccc(Cl)c2ccc(C=C(C#N)c3nc4ccccc4s3)nc12. The molecule has 0 amide bonds. The van der Waals surface area contributed by atoms with Gasteiger partial charge < -0.3 is 4.74 Å². The Kier molecular flexibility index (Phi) is 4.29. The third kappa shape index (κ3) is 2.90. The van der Waals surface area contributed by atoms with Gasteiger partial charge in [-0.2, -0.15) is 5.26 Å². The molecule has 0 spiro atoms. The van der Waals surface area contributed by atoms with Crippen molar-refractivity contribution in [2.45, 2.75) is 0 Å². The van der Waals surface area contributed by atoms with E-state index in [0.717, 1.165) is 15.6 Å². The van der Waals surface area contributed by atoms with E-state index in [1.807, 2.05) is 36.4 Å². The predicted molar refractivity (Wildman–Crippen MR) is 106 cm³/mol. The monoisotopic (exact) mass is 377 g/mol. The first-order chi connectivity index (χ1) is 12.7. The molecule has 0 fully saturated rings. The van der Waals surface area contributed by atoms with Gasteiger partial charge in [-0.25, -0.2) is 9.97 Å². The zero-order valence-electron chi connectivity index (χ0n) is 13.7. The molecule has 4 rings (SSSR count). The number of nitrogens with zero attached hydrogens (tertiary/aromatic N) is 3. The summed E-state index contributed by atoms with van der Waals surface area (Å²) in [5, 5.41) is 11.7. The molecule has 0 saturated carbocycles. The average molecular weight is 378 g/mol. The minimum absolute atomic E-state index is 0.471. The highest BCUT2D eigenvalue weighted by molar-refractivity contribution is 7.19. The first kappa shape index (κ1) is 16.5. The van der Waals surface area contributed by atoms with Gasteiger partial charge in [0.1, 0.15) is 22.3 Å². The number of hydrogen-bond donors (Lipinski definition) is 0. The van der Waals surface area contributed by atoms with Crippen LogP contribution in [0.15, 0.2) is 48.5 Å². The van der Waals surface area contributed by atoms with Gasteiger partial charge in [-0.15, -0.1) is 11.3 Å². The van der Waals surface area contributed by atoms with Crippen molar-refractivity contribution in [1.82, 2.24) is 9.97 Å². The maximum atomic E-state index is 9.60. The molecule has 0 aliphatic rings. The lowest BCUT2D eigenvalue weighted by Crippen LogP contribution is -1.91. The molecule has 0 aliphatic heterocycles. The predicted octanol–water partition coefficient (Wildman–Crippen LogP) is 5.57. The van der Waals surface area contributed by atoms with Crippen molar-refractivity contribution >= 4 is 55.7 Å². The molecule has 2 aromatic heterocycles. The number of pyridine rings is 1. The summed E-state index contributed by atoms with van der Waals surface area (Å²) in [6.45, 7) is 0. The number of para-hydroxylation sites is 1. The fraction of sp³-hybridized carbons (Fsp3) is 0.0500. The Bertz CT molecular complexity index is 1170. The largest absolute Gasteiger partial charge is 0.494 e. The normalized spacial score (nSPS) is 11.7. The number of methoxy groups -OCH3 is 1. The van der Waals surface area contributed by atoms with E-state index in [0.29, 0.717) is 32.6 Å². The molecule has 0 aliphatic carbocycles. The molecule has 26 heavy (non-hydrogen) atoms. The summed E-state index contributed by atoms with van der Waals surface area (Å²) in [7, 11) is 1.59. The lowest BCUT2D eigenvalue weighted by Gasteiger charge is -2.07. The number of hydrogen-bond acceptors (Lipinski definition) is 5. The number of fused-ring (bicyclic) bond motifs is 2. The highest BCUT2D eigenvalue weighted by Crippen LogP contribution is 2.31. The Morgan fingerprint density at radius 1 is 1.15 bits per heavy atom. The Morgan fingerprint density at radius 2 is 2.00 bits per heavy atom. The minimum atomic E-state index is 0.471. The number of ether oxygens (including phenoxy) is 1. The molecule has 0 atom stereocenters. The molecule has 126 valence electrons. The Labute approximate surface area is 159 Å². The number of halogens is 1. The summed E-state index contributed by atoms with van der Waals surface area (Å²) in [6, 6.07) is 17.3. The molecule has 0 unspecified atom stereocenters. The molecule has 0 bridgehead atoms. The number of allylic oxidation sites excluding steroid dienone is 1. The Morgan fingerprint density at radius 3 is 2.77 bits per heavy atom. The van der Waals surface area contributed by atoms with E-state index < -0.39 is 0 Å². The van der Waals surface area contributed by atoms with Crippen LogP contribution in [0.4, 0.5) is 0 Å². The third-order valence-electron chi connectivity index (χ3n) is 3.95. The summed E-state index contributed by atoms with van der Waals surface area (Å²) >= 11 is 7.73. The van der Waals surface area contributed by atoms with Crippen molar-refractivity contribution in [3.8, 4) is 11.8 Å². The van der Waals surface area contributed by atoms with E-state index in [2.05, 4.69) is 16.0 Å². The first-order valence-electron chi connectivity index (χ1n) is 7.80. The first-order valence-corrected chi connectivity index (χ1v) is 9.00. The van der Waals surface area contributed by atoms with E-state index in [1.54, 1.807) is 25.3 Å². The number of nitriles is 1. The second-order valence-corrected chi connectivity index (χ2v) is 6.98. The molecule has 0 radical (unpaired) electrons. The summed E-state index contributed by atoms with van der Waals surface area (Å²) in [4.78, 5) is 9.16. The van der Waals surface area contributed by atoms with Crippen molar-refractivity contribution in [3.63, 3.8) is 0 Å². The second-order valence-electron chi connectivity index (χ2n) is 5.54. The van der Waals surface area contributed by atoms with Crippen LogP contribution in [0.25, 0.3) is 32.8 Å². The maximum absolute atomic E-state index is 9.60. The van der Waals surface area contributed by atoms with Gasteiger partial charge in [0, 0.05) is 5.39 Å². The van der Waals surface area contributed by atoms with Crippen molar-refractivity contribution in [1.29, 1.82) is 5.26 Å². The van der Waals surface area contributed by atoms with Crippen LogP contribution in [-0.4, -0.2) is 17.1 Å². The lowest BCUT2D eigenvalue weighted by molar-refractivity contribution is 0.419. The van der Waals surface area contributed by atoms with Crippen LogP contribution >= 0.6 is 22.9 Å². The quantitative estimate of drug-likeness (QED) is 0.438. The minimum Gasteiger partial charge on any atom is -0.494 e. The molecular weight excluding hydrogens is 366 g/mol. The van der Waals surface area contributed by atoms with E-state index in [9.17, 15) is 5.26 Å². The summed E-state index contributed by atoms with van der Waals surface area (Å²) < 4.78 is 6.42. The van der Waals surface area contributed by atoms with Gasteiger partial charge in [-0.05, 0) is 42.5 Å². The topological polar surface area (TPSA) is 58.8 Å². The maximum Gasteiger partial charge on any atom is 0.145 e. The van der Waals surface area contributed by atoms with Gasteiger partial charge >= 0.3 is 0 Å². The lowest BCUT2D eigenvalue weighted by atomic mass is 10.1. The molecule has 0 N–H and O–H groups in total. The van der Waals surface area contributed by atoms with E-state index in [1.165, 1.54) is 11.3 Å². The Hall–Kier alpha value is -2.94. The molecular formula is C20H12ClN3OS. The molecule has 2 aromatic carbocycles. The van der Waals surface area contributed by atoms with Gasteiger partial charge in [-0.3, -0.25) is 0 Å². The fourth-order valence-electron chi connectivity index (χ4n) is 2.69. The number of benzene rings is 2. The van der Waals surface area contributed by atoms with Gasteiger partial charge in [0.15, 0.2) is 0 Å². The second kappa shape index (κ2) is 6.75. The molecule has 0 saturated heterocycles.